The van der Waals surface area contributed by atoms with E-state index in [2.05, 4.69) is 11.7 Å². The Morgan fingerprint density at radius 3 is 1.50 bits per heavy atom. The van der Waals surface area contributed by atoms with Crippen molar-refractivity contribution in [1.29, 1.82) is 0 Å². The van der Waals surface area contributed by atoms with Gasteiger partial charge in [-0.05, 0) is 6.42 Å². The predicted molar refractivity (Wildman–Crippen MR) is 98.7 cm³/mol. The summed E-state index contributed by atoms with van der Waals surface area (Å²) in [4.78, 5) is 10.6. The molecule has 0 bridgehead atoms. The van der Waals surface area contributed by atoms with Gasteiger partial charge in [-0.1, -0.05) is 90.4 Å². The van der Waals surface area contributed by atoms with Gasteiger partial charge >= 0.3 is 5.97 Å². The zero-order valence-corrected chi connectivity index (χ0v) is 16.0. The van der Waals surface area contributed by atoms with Crippen LogP contribution in [0, 0.1) is 0 Å². The largest absolute Gasteiger partial charge is 0.460 e. The SMILES string of the molecule is CCCCCCCCCCCCCCCCC(O)(O)COC(C)=O. The van der Waals surface area contributed by atoms with Crippen LogP contribution in [0.5, 0.6) is 0 Å². The molecule has 0 saturated heterocycles. The van der Waals surface area contributed by atoms with Crippen LogP contribution >= 0.6 is 0 Å². The summed E-state index contributed by atoms with van der Waals surface area (Å²) in [5.41, 5.74) is 0. The third-order valence-corrected chi connectivity index (χ3v) is 4.44. The number of ether oxygens (including phenoxy) is 1. The lowest BCUT2D eigenvalue weighted by Gasteiger charge is -2.20. The van der Waals surface area contributed by atoms with E-state index >= 15 is 0 Å². The van der Waals surface area contributed by atoms with Crippen LogP contribution in [0.4, 0.5) is 0 Å². The summed E-state index contributed by atoms with van der Waals surface area (Å²) < 4.78 is 4.64. The summed E-state index contributed by atoms with van der Waals surface area (Å²) >= 11 is 0. The number of aliphatic hydroxyl groups is 2. The fraction of sp³-hybridized carbons (Fsp3) is 0.950. The first-order chi connectivity index (χ1) is 11.5. The highest BCUT2D eigenvalue weighted by Gasteiger charge is 2.23. The summed E-state index contributed by atoms with van der Waals surface area (Å²) in [6, 6.07) is 0. The Hall–Kier alpha value is -0.610. The molecule has 4 heteroatoms. The molecule has 0 saturated carbocycles. The number of carbonyl (C=O) groups is 1. The van der Waals surface area contributed by atoms with Crippen LogP contribution in [0.1, 0.15) is 110 Å². The first kappa shape index (κ1) is 23.4. The van der Waals surface area contributed by atoms with Gasteiger partial charge in [0.2, 0.25) is 0 Å². The predicted octanol–water partition coefficient (Wildman–Crippen LogP) is 5.10. The minimum absolute atomic E-state index is 0.262. The van der Waals surface area contributed by atoms with E-state index in [0.717, 1.165) is 19.3 Å². The van der Waals surface area contributed by atoms with Crippen molar-refractivity contribution in [3.8, 4) is 0 Å². The van der Waals surface area contributed by atoms with Crippen molar-refractivity contribution in [2.24, 2.45) is 0 Å². The first-order valence-electron chi connectivity index (χ1n) is 10.1. The van der Waals surface area contributed by atoms with Crippen molar-refractivity contribution in [3.63, 3.8) is 0 Å². The molecule has 0 aromatic rings. The van der Waals surface area contributed by atoms with Gasteiger partial charge in [0.1, 0.15) is 6.61 Å². The van der Waals surface area contributed by atoms with E-state index in [1.165, 1.54) is 77.6 Å². The van der Waals surface area contributed by atoms with Crippen LogP contribution in [-0.2, 0) is 9.53 Å². The molecule has 4 nitrogen and oxygen atoms in total. The molecule has 24 heavy (non-hydrogen) atoms. The van der Waals surface area contributed by atoms with E-state index in [9.17, 15) is 15.0 Å². The molecule has 0 heterocycles. The minimum atomic E-state index is -1.87. The van der Waals surface area contributed by atoms with Gasteiger partial charge in [-0.2, -0.15) is 0 Å². The fourth-order valence-corrected chi connectivity index (χ4v) is 2.89. The lowest BCUT2D eigenvalue weighted by molar-refractivity contribution is -0.204. The van der Waals surface area contributed by atoms with E-state index in [1.54, 1.807) is 0 Å². The smallest absolute Gasteiger partial charge is 0.302 e. The number of unbranched alkanes of at least 4 members (excludes halogenated alkanes) is 13. The first-order valence-corrected chi connectivity index (χ1v) is 10.1. The molecule has 0 spiro atoms. The third-order valence-electron chi connectivity index (χ3n) is 4.44. The van der Waals surface area contributed by atoms with Gasteiger partial charge in [-0.15, -0.1) is 0 Å². The van der Waals surface area contributed by atoms with Gasteiger partial charge in [-0.3, -0.25) is 4.79 Å². The van der Waals surface area contributed by atoms with Crippen molar-refractivity contribution < 1.29 is 19.7 Å². The Morgan fingerprint density at radius 2 is 1.12 bits per heavy atom. The van der Waals surface area contributed by atoms with Gasteiger partial charge in [0, 0.05) is 13.3 Å². The van der Waals surface area contributed by atoms with Crippen LogP contribution in [0.3, 0.4) is 0 Å². The number of hydrogen-bond acceptors (Lipinski definition) is 4. The summed E-state index contributed by atoms with van der Waals surface area (Å²) in [7, 11) is 0. The summed E-state index contributed by atoms with van der Waals surface area (Å²) in [6.07, 6.45) is 18.0. The Labute approximate surface area is 149 Å². The summed E-state index contributed by atoms with van der Waals surface area (Å²) in [6.45, 7) is 3.19. The average molecular weight is 345 g/mol. The highest BCUT2D eigenvalue weighted by molar-refractivity contribution is 5.65. The van der Waals surface area contributed by atoms with E-state index in [4.69, 9.17) is 0 Å². The highest BCUT2D eigenvalue weighted by Crippen LogP contribution is 2.16. The maximum absolute atomic E-state index is 10.6. The molecule has 2 N–H and O–H groups in total. The molecule has 0 unspecified atom stereocenters. The van der Waals surface area contributed by atoms with Crippen molar-refractivity contribution >= 4 is 5.97 Å². The Bertz CT molecular complexity index is 289. The van der Waals surface area contributed by atoms with E-state index in [-0.39, 0.29) is 13.0 Å². The van der Waals surface area contributed by atoms with Crippen LogP contribution in [0.15, 0.2) is 0 Å². The Morgan fingerprint density at radius 1 is 0.750 bits per heavy atom. The van der Waals surface area contributed by atoms with Gasteiger partial charge in [0.05, 0.1) is 0 Å². The summed E-state index contributed by atoms with van der Waals surface area (Å²) in [5, 5.41) is 19.3. The molecule has 0 aliphatic heterocycles. The number of rotatable bonds is 17. The molecular weight excluding hydrogens is 304 g/mol. The van der Waals surface area contributed by atoms with E-state index in [1.807, 2.05) is 0 Å². The second-order valence-corrected chi connectivity index (χ2v) is 7.11. The van der Waals surface area contributed by atoms with E-state index < -0.39 is 11.8 Å². The zero-order chi connectivity index (χ0) is 18.1. The normalized spacial score (nSPS) is 11.7. The molecule has 0 aromatic carbocycles. The third kappa shape index (κ3) is 17.7. The second kappa shape index (κ2) is 15.9. The lowest BCUT2D eigenvalue weighted by atomic mass is 10.0. The Kier molecular flexibility index (Phi) is 15.5. The molecule has 0 amide bonds. The molecule has 144 valence electrons. The molecule has 0 aromatic heterocycles. The Balaban J connectivity index is 3.23. The fourth-order valence-electron chi connectivity index (χ4n) is 2.89. The molecule has 0 aliphatic carbocycles. The van der Waals surface area contributed by atoms with Gasteiger partial charge < -0.3 is 14.9 Å². The standard InChI is InChI=1S/C20H40O4/c1-3-4-5-6-7-8-9-10-11-12-13-14-15-16-17-20(22,23)18-24-19(2)21/h22-23H,3-18H2,1-2H3. The quantitative estimate of drug-likeness (QED) is 0.219. The molecule has 0 atom stereocenters. The van der Waals surface area contributed by atoms with Crippen LogP contribution < -0.4 is 0 Å². The monoisotopic (exact) mass is 344 g/mol. The van der Waals surface area contributed by atoms with Gasteiger partial charge in [0.25, 0.3) is 0 Å². The van der Waals surface area contributed by atoms with Crippen molar-refractivity contribution in [1.82, 2.24) is 0 Å². The average Bonchev–Trinajstić information content (AvgIpc) is 2.53. The minimum Gasteiger partial charge on any atom is -0.460 e. The molecule has 0 radical (unpaired) electrons. The summed E-state index contributed by atoms with van der Waals surface area (Å²) in [5.74, 6) is -2.36. The molecule has 0 rings (SSSR count). The molecular formula is C20H40O4. The molecule has 0 fully saturated rings. The zero-order valence-electron chi connectivity index (χ0n) is 16.0. The molecule has 0 aliphatic rings. The maximum atomic E-state index is 10.6. The topological polar surface area (TPSA) is 66.8 Å². The van der Waals surface area contributed by atoms with E-state index in [0.29, 0.717) is 0 Å². The van der Waals surface area contributed by atoms with Crippen molar-refractivity contribution in [3.05, 3.63) is 0 Å². The van der Waals surface area contributed by atoms with Crippen LogP contribution in [0.25, 0.3) is 0 Å². The maximum Gasteiger partial charge on any atom is 0.302 e. The van der Waals surface area contributed by atoms with Crippen molar-refractivity contribution in [2.75, 3.05) is 6.61 Å². The van der Waals surface area contributed by atoms with Gasteiger partial charge in [-0.25, -0.2) is 0 Å². The van der Waals surface area contributed by atoms with Crippen LogP contribution in [0.2, 0.25) is 0 Å². The van der Waals surface area contributed by atoms with Crippen molar-refractivity contribution in [2.45, 2.75) is 116 Å². The number of carbonyl (C=O) groups excluding carboxylic acids is 1. The second-order valence-electron chi connectivity index (χ2n) is 7.11. The highest BCUT2D eigenvalue weighted by atomic mass is 16.6. The number of hydrogen-bond donors (Lipinski definition) is 2. The lowest BCUT2D eigenvalue weighted by Crippen LogP contribution is -2.34. The van der Waals surface area contributed by atoms with Crippen LogP contribution in [-0.4, -0.2) is 28.6 Å². The number of esters is 1. The van der Waals surface area contributed by atoms with Gasteiger partial charge in [0.15, 0.2) is 5.79 Å².